The zero-order valence-electron chi connectivity index (χ0n) is 19.0. The van der Waals surface area contributed by atoms with Crippen LogP contribution in [-0.2, 0) is 4.79 Å². The van der Waals surface area contributed by atoms with Crippen LogP contribution in [0.3, 0.4) is 0 Å². The minimum Gasteiger partial charge on any atom is -0.295 e. The largest absolute Gasteiger partial charge is 0.295 e. The van der Waals surface area contributed by atoms with Gasteiger partial charge in [0.25, 0.3) is 0 Å². The molecule has 156 valence electrons. The molecule has 0 aromatic heterocycles. The predicted octanol–water partition coefficient (Wildman–Crippen LogP) is 7.37. The van der Waals surface area contributed by atoms with Crippen molar-refractivity contribution >= 4 is 5.78 Å². The third-order valence-corrected chi connectivity index (χ3v) is 9.72. The number of fused-ring (bicyclic) bond motifs is 5. The van der Waals surface area contributed by atoms with Crippen molar-refractivity contribution in [3.63, 3.8) is 0 Å². The van der Waals surface area contributed by atoms with Crippen LogP contribution in [0.15, 0.2) is 23.8 Å². The molecular formula is C27H42O. The summed E-state index contributed by atoms with van der Waals surface area (Å²) in [5, 5.41) is 0. The number of ketones is 1. The second-order valence-corrected chi connectivity index (χ2v) is 11.7. The van der Waals surface area contributed by atoms with Crippen molar-refractivity contribution in [3.8, 4) is 0 Å². The molecule has 0 aliphatic heterocycles. The van der Waals surface area contributed by atoms with Gasteiger partial charge in [-0.25, -0.2) is 0 Å². The third-order valence-electron chi connectivity index (χ3n) is 9.72. The van der Waals surface area contributed by atoms with Gasteiger partial charge in [-0.1, -0.05) is 66.0 Å². The summed E-state index contributed by atoms with van der Waals surface area (Å²) >= 11 is 0. The first kappa shape index (κ1) is 20.4. The van der Waals surface area contributed by atoms with Gasteiger partial charge in [0.2, 0.25) is 0 Å². The van der Waals surface area contributed by atoms with Gasteiger partial charge in [-0.15, -0.1) is 0 Å². The number of allylic oxidation sites excluding steroid dienone is 4. The Labute approximate surface area is 173 Å². The summed E-state index contributed by atoms with van der Waals surface area (Å²) in [6.45, 7) is 12.4. The highest BCUT2D eigenvalue weighted by Gasteiger charge is 2.58. The summed E-state index contributed by atoms with van der Waals surface area (Å²) in [4.78, 5) is 12.0. The molecule has 0 aromatic carbocycles. The van der Waals surface area contributed by atoms with Gasteiger partial charge in [0.05, 0.1) is 0 Å². The molecule has 2 fully saturated rings. The van der Waals surface area contributed by atoms with E-state index in [2.05, 4.69) is 46.8 Å². The van der Waals surface area contributed by atoms with Crippen LogP contribution in [0.25, 0.3) is 0 Å². The normalized spacial score (nSPS) is 43.4. The molecule has 2 saturated carbocycles. The molecule has 4 aliphatic carbocycles. The smallest absolute Gasteiger partial charge is 0.156 e. The fraction of sp³-hybridized carbons (Fsp3) is 0.815. The molecule has 0 amide bonds. The molecule has 7 atom stereocenters. The Morgan fingerprint density at radius 1 is 1.04 bits per heavy atom. The fourth-order valence-electron chi connectivity index (χ4n) is 8.02. The lowest BCUT2D eigenvalue weighted by atomic mass is 9.48. The highest BCUT2D eigenvalue weighted by atomic mass is 16.1. The van der Waals surface area contributed by atoms with Gasteiger partial charge in [0, 0.05) is 6.42 Å². The lowest BCUT2D eigenvalue weighted by Gasteiger charge is -2.56. The minimum absolute atomic E-state index is 0.246. The standard InChI is InChI=1S/C27H42O/c1-18(2)7-6-8-19(3)23-11-12-24-22-10-9-20-17-21(28)13-15-26(20,4)25(22)14-16-27(23,24)5/h9-10,17-19,22-25H,6-8,11-16H2,1-5H3/t19-,22-,23+,24-,25-,26-,27+/m0/s1. The van der Waals surface area contributed by atoms with Crippen LogP contribution in [0.1, 0.15) is 92.4 Å². The molecule has 0 bridgehead atoms. The second kappa shape index (κ2) is 7.44. The Balaban J connectivity index is 1.53. The predicted molar refractivity (Wildman–Crippen MR) is 118 cm³/mol. The van der Waals surface area contributed by atoms with Crippen molar-refractivity contribution in [3.05, 3.63) is 23.8 Å². The van der Waals surface area contributed by atoms with Crippen molar-refractivity contribution in [2.24, 2.45) is 46.3 Å². The zero-order chi connectivity index (χ0) is 20.1. The SMILES string of the molecule is CC(C)CCC[C@H](C)[C@H]1CC[C@H]2[C@@H]3C=CC4=CC(=O)CC[C@]4(C)[C@H]3CC[C@]12C. The van der Waals surface area contributed by atoms with E-state index in [1.807, 2.05) is 6.08 Å². The summed E-state index contributed by atoms with van der Waals surface area (Å²) < 4.78 is 0. The molecule has 0 saturated heterocycles. The van der Waals surface area contributed by atoms with Gasteiger partial charge in [-0.3, -0.25) is 4.79 Å². The molecule has 4 rings (SSSR count). The molecular weight excluding hydrogens is 340 g/mol. The number of rotatable bonds is 5. The van der Waals surface area contributed by atoms with Gasteiger partial charge in [0.1, 0.15) is 0 Å². The minimum atomic E-state index is 0.246. The van der Waals surface area contributed by atoms with Crippen LogP contribution in [-0.4, -0.2) is 5.78 Å². The molecule has 0 heterocycles. The van der Waals surface area contributed by atoms with E-state index < -0.39 is 0 Å². The lowest BCUT2D eigenvalue weighted by molar-refractivity contribution is -0.116. The van der Waals surface area contributed by atoms with Crippen LogP contribution >= 0.6 is 0 Å². The average Bonchev–Trinajstić information content (AvgIpc) is 2.99. The van der Waals surface area contributed by atoms with Crippen molar-refractivity contribution in [1.29, 1.82) is 0 Å². The van der Waals surface area contributed by atoms with Gasteiger partial charge in [-0.2, -0.15) is 0 Å². The molecule has 0 aromatic rings. The lowest BCUT2D eigenvalue weighted by Crippen LogP contribution is -2.49. The van der Waals surface area contributed by atoms with E-state index in [-0.39, 0.29) is 5.41 Å². The van der Waals surface area contributed by atoms with E-state index >= 15 is 0 Å². The topological polar surface area (TPSA) is 17.1 Å². The highest BCUT2D eigenvalue weighted by Crippen LogP contribution is 2.66. The van der Waals surface area contributed by atoms with Gasteiger partial charge in [-0.05, 0) is 90.1 Å². The molecule has 0 unspecified atom stereocenters. The van der Waals surface area contributed by atoms with Crippen LogP contribution in [0.4, 0.5) is 0 Å². The summed E-state index contributed by atoms with van der Waals surface area (Å²) in [5.41, 5.74) is 2.12. The number of carbonyl (C=O) groups is 1. The van der Waals surface area contributed by atoms with Gasteiger partial charge < -0.3 is 0 Å². The van der Waals surface area contributed by atoms with Crippen LogP contribution < -0.4 is 0 Å². The van der Waals surface area contributed by atoms with Gasteiger partial charge in [0.15, 0.2) is 5.78 Å². The Morgan fingerprint density at radius 2 is 1.82 bits per heavy atom. The number of hydrogen-bond donors (Lipinski definition) is 0. The maximum absolute atomic E-state index is 12.0. The quantitative estimate of drug-likeness (QED) is 0.485. The Kier molecular flexibility index (Phi) is 5.43. The molecule has 0 spiro atoms. The Morgan fingerprint density at radius 3 is 2.57 bits per heavy atom. The van der Waals surface area contributed by atoms with E-state index in [1.54, 1.807) is 0 Å². The van der Waals surface area contributed by atoms with Crippen LogP contribution in [0, 0.1) is 46.3 Å². The first-order valence-electron chi connectivity index (χ1n) is 12.2. The highest BCUT2D eigenvalue weighted by molar-refractivity contribution is 5.92. The van der Waals surface area contributed by atoms with E-state index in [9.17, 15) is 4.79 Å². The van der Waals surface area contributed by atoms with Crippen LogP contribution in [0.5, 0.6) is 0 Å². The Hall–Kier alpha value is -0.850. The monoisotopic (exact) mass is 382 g/mol. The first-order chi connectivity index (χ1) is 13.3. The van der Waals surface area contributed by atoms with E-state index in [0.29, 0.717) is 11.2 Å². The molecule has 0 radical (unpaired) electrons. The summed E-state index contributed by atoms with van der Waals surface area (Å²) in [7, 11) is 0. The van der Waals surface area contributed by atoms with E-state index in [0.717, 1.165) is 48.3 Å². The summed E-state index contributed by atoms with van der Waals surface area (Å²) in [6, 6.07) is 0. The van der Waals surface area contributed by atoms with E-state index in [4.69, 9.17) is 0 Å². The molecule has 4 aliphatic rings. The molecule has 28 heavy (non-hydrogen) atoms. The van der Waals surface area contributed by atoms with E-state index in [1.165, 1.54) is 50.5 Å². The Bertz CT molecular complexity index is 670. The van der Waals surface area contributed by atoms with Crippen molar-refractivity contribution in [1.82, 2.24) is 0 Å². The van der Waals surface area contributed by atoms with Crippen molar-refractivity contribution in [2.45, 2.75) is 92.4 Å². The molecule has 1 heteroatoms. The third kappa shape index (κ3) is 3.25. The maximum Gasteiger partial charge on any atom is 0.156 e. The zero-order valence-corrected chi connectivity index (χ0v) is 19.0. The van der Waals surface area contributed by atoms with Crippen molar-refractivity contribution < 1.29 is 4.79 Å². The van der Waals surface area contributed by atoms with Crippen LogP contribution in [0.2, 0.25) is 0 Å². The molecule has 1 nitrogen and oxygen atoms in total. The molecule has 0 N–H and O–H groups in total. The maximum atomic E-state index is 12.0. The van der Waals surface area contributed by atoms with Crippen molar-refractivity contribution in [2.75, 3.05) is 0 Å². The number of carbonyl (C=O) groups excluding carboxylic acids is 1. The fourth-order valence-corrected chi connectivity index (χ4v) is 8.02. The summed E-state index contributed by atoms with van der Waals surface area (Å²) in [6.07, 6.45) is 18.5. The van der Waals surface area contributed by atoms with Gasteiger partial charge >= 0.3 is 0 Å². The summed E-state index contributed by atoms with van der Waals surface area (Å²) in [5.74, 6) is 5.32. The number of hydrogen-bond acceptors (Lipinski definition) is 1. The average molecular weight is 383 g/mol. The first-order valence-corrected chi connectivity index (χ1v) is 12.2. The second-order valence-electron chi connectivity index (χ2n) is 11.7.